The Bertz CT molecular complexity index is 720. The molecule has 1 aromatic heterocycles. The van der Waals surface area contributed by atoms with Gasteiger partial charge in [0.15, 0.2) is 5.69 Å². The average molecular weight is 264 g/mol. The van der Waals surface area contributed by atoms with Crippen LogP contribution < -0.4 is 0 Å². The van der Waals surface area contributed by atoms with E-state index in [-0.39, 0.29) is 5.88 Å². The van der Waals surface area contributed by atoms with E-state index in [0.717, 1.165) is 11.4 Å². The lowest BCUT2D eigenvalue weighted by Gasteiger charge is -2.01. The van der Waals surface area contributed by atoms with Crippen molar-refractivity contribution >= 4 is 11.4 Å². The van der Waals surface area contributed by atoms with Crippen molar-refractivity contribution in [2.24, 2.45) is 10.2 Å². The Labute approximate surface area is 115 Å². The van der Waals surface area contributed by atoms with Crippen LogP contribution in [0.25, 0.3) is 5.69 Å². The number of rotatable bonds is 3. The van der Waals surface area contributed by atoms with Crippen molar-refractivity contribution in [2.45, 2.75) is 0 Å². The van der Waals surface area contributed by atoms with Gasteiger partial charge in [0.05, 0.1) is 17.6 Å². The molecule has 0 atom stereocenters. The molecule has 0 bridgehead atoms. The van der Waals surface area contributed by atoms with Crippen LogP contribution in [0.4, 0.5) is 11.4 Å². The summed E-state index contributed by atoms with van der Waals surface area (Å²) in [6.45, 7) is 0. The van der Waals surface area contributed by atoms with Gasteiger partial charge >= 0.3 is 0 Å². The zero-order chi connectivity index (χ0) is 13.8. The van der Waals surface area contributed by atoms with E-state index < -0.39 is 0 Å². The Morgan fingerprint density at radius 3 is 2.20 bits per heavy atom. The third-order valence-corrected chi connectivity index (χ3v) is 2.76. The summed E-state index contributed by atoms with van der Waals surface area (Å²) in [6, 6.07) is 18.7. The molecule has 0 aliphatic carbocycles. The first-order chi connectivity index (χ1) is 9.84. The molecule has 98 valence electrons. The Balaban J connectivity index is 1.90. The fourth-order valence-corrected chi connectivity index (χ4v) is 1.77. The van der Waals surface area contributed by atoms with Gasteiger partial charge in [0.2, 0.25) is 5.88 Å². The highest BCUT2D eigenvalue weighted by molar-refractivity contribution is 5.49. The average Bonchev–Trinajstić information content (AvgIpc) is 2.88. The maximum absolute atomic E-state index is 10.1. The monoisotopic (exact) mass is 264 g/mol. The summed E-state index contributed by atoms with van der Waals surface area (Å²) in [5, 5.41) is 22.3. The molecule has 0 amide bonds. The van der Waals surface area contributed by atoms with Gasteiger partial charge in [0.1, 0.15) is 0 Å². The van der Waals surface area contributed by atoms with Crippen molar-refractivity contribution < 1.29 is 5.11 Å². The molecule has 5 nitrogen and oxygen atoms in total. The van der Waals surface area contributed by atoms with Crippen LogP contribution in [-0.2, 0) is 0 Å². The maximum atomic E-state index is 10.1. The molecule has 3 rings (SSSR count). The van der Waals surface area contributed by atoms with Crippen LogP contribution >= 0.6 is 0 Å². The SMILES string of the molecule is Oc1c(/N=N/c2ccccc2)cnn1-c1ccccc1. The number of hydrogen-bond acceptors (Lipinski definition) is 4. The van der Waals surface area contributed by atoms with Gasteiger partial charge in [-0.1, -0.05) is 36.4 Å². The van der Waals surface area contributed by atoms with Crippen LogP contribution in [0.2, 0.25) is 0 Å². The van der Waals surface area contributed by atoms with Gasteiger partial charge in [-0.2, -0.15) is 14.9 Å². The first kappa shape index (κ1) is 12.1. The molecule has 0 radical (unpaired) electrons. The summed E-state index contributed by atoms with van der Waals surface area (Å²) in [5.74, 6) is -0.0316. The Morgan fingerprint density at radius 1 is 0.850 bits per heavy atom. The van der Waals surface area contributed by atoms with Gasteiger partial charge in [-0.3, -0.25) is 0 Å². The first-order valence-corrected chi connectivity index (χ1v) is 6.14. The summed E-state index contributed by atoms with van der Waals surface area (Å²) in [5.41, 5.74) is 1.82. The molecule has 5 heteroatoms. The number of aromatic hydroxyl groups is 1. The fraction of sp³-hybridized carbons (Fsp3) is 0. The summed E-state index contributed by atoms with van der Waals surface area (Å²) >= 11 is 0. The fourth-order valence-electron chi connectivity index (χ4n) is 1.77. The van der Waals surface area contributed by atoms with Crippen molar-refractivity contribution in [3.8, 4) is 11.6 Å². The summed E-state index contributed by atoms with van der Waals surface area (Å²) in [7, 11) is 0. The number of benzene rings is 2. The molecule has 1 N–H and O–H groups in total. The Morgan fingerprint density at radius 2 is 1.50 bits per heavy atom. The molecule has 0 saturated heterocycles. The molecule has 3 aromatic rings. The second-order valence-electron chi connectivity index (χ2n) is 4.14. The highest BCUT2D eigenvalue weighted by atomic mass is 16.3. The van der Waals surface area contributed by atoms with Gasteiger partial charge in [-0.15, -0.1) is 5.11 Å². The highest BCUT2D eigenvalue weighted by Gasteiger charge is 2.10. The van der Waals surface area contributed by atoms with E-state index in [1.54, 1.807) is 0 Å². The number of para-hydroxylation sites is 1. The van der Waals surface area contributed by atoms with Gasteiger partial charge in [0, 0.05) is 0 Å². The van der Waals surface area contributed by atoms with E-state index in [2.05, 4.69) is 15.3 Å². The van der Waals surface area contributed by atoms with E-state index in [1.165, 1.54) is 10.9 Å². The molecule has 0 fully saturated rings. The predicted octanol–water partition coefficient (Wildman–Crippen LogP) is 3.99. The third-order valence-electron chi connectivity index (χ3n) is 2.76. The molecule has 0 aliphatic rings. The van der Waals surface area contributed by atoms with Crippen molar-refractivity contribution in [3.05, 3.63) is 66.9 Å². The molecule has 0 unspecified atom stereocenters. The zero-order valence-electron chi connectivity index (χ0n) is 10.6. The largest absolute Gasteiger partial charge is 0.492 e. The van der Waals surface area contributed by atoms with Gasteiger partial charge in [0.25, 0.3) is 0 Å². The van der Waals surface area contributed by atoms with Crippen LogP contribution in [0.3, 0.4) is 0 Å². The second kappa shape index (κ2) is 5.36. The van der Waals surface area contributed by atoms with Crippen LogP contribution in [0.5, 0.6) is 5.88 Å². The summed E-state index contributed by atoms with van der Waals surface area (Å²) in [6.07, 6.45) is 1.48. The first-order valence-electron chi connectivity index (χ1n) is 6.14. The zero-order valence-corrected chi connectivity index (χ0v) is 10.6. The van der Waals surface area contributed by atoms with Gasteiger partial charge in [-0.05, 0) is 24.3 Å². The van der Waals surface area contributed by atoms with Crippen LogP contribution in [0, 0.1) is 0 Å². The molecular formula is C15H12N4O. The van der Waals surface area contributed by atoms with E-state index in [9.17, 15) is 5.11 Å². The van der Waals surface area contributed by atoms with Crippen molar-refractivity contribution in [3.63, 3.8) is 0 Å². The molecule has 0 aliphatic heterocycles. The van der Waals surface area contributed by atoms with E-state index in [4.69, 9.17) is 0 Å². The minimum atomic E-state index is -0.0316. The Hall–Kier alpha value is -2.95. The molecule has 2 aromatic carbocycles. The van der Waals surface area contributed by atoms with Gasteiger partial charge in [-0.25, -0.2) is 0 Å². The lowest BCUT2D eigenvalue weighted by Crippen LogP contribution is -1.93. The number of azo groups is 1. The van der Waals surface area contributed by atoms with Crippen molar-refractivity contribution in [1.29, 1.82) is 0 Å². The van der Waals surface area contributed by atoms with Crippen LogP contribution in [0.15, 0.2) is 77.1 Å². The number of aromatic nitrogens is 2. The quantitative estimate of drug-likeness (QED) is 0.727. The standard InChI is InChI=1S/C15H12N4O/c20-15-14(18-17-12-7-3-1-4-8-12)11-16-19(15)13-9-5-2-6-10-13/h1-11,20H/b18-17+. The minimum Gasteiger partial charge on any atom is -0.492 e. The highest BCUT2D eigenvalue weighted by Crippen LogP contribution is 2.29. The van der Waals surface area contributed by atoms with E-state index >= 15 is 0 Å². The topological polar surface area (TPSA) is 62.8 Å². The Kier molecular flexibility index (Phi) is 3.24. The molecule has 20 heavy (non-hydrogen) atoms. The molecule has 0 spiro atoms. The van der Waals surface area contributed by atoms with Crippen molar-refractivity contribution in [2.75, 3.05) is 0 Å². The summed E-state index contributed by atoms with van der Waals surface area (Å²) < 4.78 is 1.42. The number of hydrogen-bond donors (Lipinski definition) is 1. The van der Waals surface area contributed by atoms with Gasteiger partial charge < -0.3 is 5.11 Å². The molecular weight excluding hydrogens is 252 g/mol. The molecule has 0 saturated carbocycles. The predicted molar refractivity (Wildman–Crippen MR) is 75.8 cm³/mol. The maximum Gasteiger partial charge on any atom is 0.242 e. The van der Waals surface area contributed by atoms with Crippen LogP contribution in [0.1, 0.15) is 0 Å². The minimum absolute atomic E-state index is 0.0316. The van der Waals surface area contributed by atoms with E-state index in [1.807, 2.05) is 60.7 Å². The lowest BCUT2D eigenvalue weighted by atomic mass is 10.3. The number of nitrogens with zero attached hydrogens (tertiary/aromatic N) is 4. The normalized spacial score (nSPS) is 11.0. The van der Waals surface area contributed by atoms with Crippen LogP contribution in [-0.4, -0.2) is 14.9 Å². The lowest BCUT2D eigenvalue weighted by molar-refractivity contribution is 0.434. The van der Waals surface area contributed by atoms with Crippen molar-refractivity contribution in [1.82, 2.24) is 9.78 Å². The second-order valence-corrected chi connectivity index (χ2v) is 4.14. The van der Waals surface area contributed by atoms with E-state index in [0.29, 0.717) is 5.69 Å². The molecule has 1 heterocycles. The third kappa shape index (κ3) is 2.42. The summed E-state index contributed by atoms with van der Waals surface area (Å²) in [4.78, 5) is 0. The smallest absolute Gasteiger partial charge is 0.242 e.